The summed E-state index contributed by atoms with van der Waals surface area (Å²) in [4.78, 5) is 34.8. The second-order valence-corrected chi connectivity index (χ2v) is 8.56. The number of ether oxygens (including phenoxy) is 2. The van der Waals surface area contributed by atoms with Crippen LogP contribution >= 0.6 is 11.6 Å². The highest BCUT2D eigenvalue weighted by Gasteiger charge is 2.32. The fraction of sp³-hybridized carbons (Fsp3) is 0.304. The van der Waals surface area contributed by atoms with E-state index in [1.54, 1.807) is 29.2 Å². The Kier molecular flexibility index (Phi) is 6.31. The lowest BCUT2D eigenvalue weighted by Crippen LogP contribution is -2.43. The molecule has 9 nitrogen and oxygen atoms in total. The van der Waals surface area contributed by atoms with Crippen molar-refractivity contribution in [2.24, 2.45) is 0 Å². The van der Waals surface area contributed by atoms with E-state index in [-0.39, 0.29) is 29.4 Å². The van der Waals surface area contributed by atoms with Crippen LogP contribution in [0.3, 0.4) is 0 Å². The molecule has 2 aromatic heterocycles. The molecule has 5 rings (SSSR count). The highest BCUT2D eigenvalue weighted by molar-refractivity contribution is 6.32. The van der Waals surface area contributed by atoms with E-state index in [2.05, 4.69) is 19.8 Å². The monoisotopic (exact) mass is 521 g/mol. The normalized spacial score (nSPS) is 14.5. The lowest BCUT2D eigenvalue weighted by Gasteiger charge is -2.26. The highest BCUT2D eigenvalue weighted by atomic mass is 35.5. The van der Waals surface area contributed by atoms with E-state index in [1.807, 2.05) is 0 Å². The van der Waals surface area contributed by atoms with Gasteiger partial charge in [-0.25, -0.2) is 9.67 Å². The molecular formula is C23H19ClF3N5O4. The number of aromatic amines is 1. The lowest BCUT2D eigenvalue weighted by atomic mass is 10.1. The van der Waals surface area contributed by atoms with Gasteiger partial charge in [-0.05, 0) is 12.1 Å². The Morgan fingerprint density at radius 1 is 1.17 bits per heavy atom. The molecule has 1 aliphatic rings. The second-order valence-electron chi connectivity index (χ2n) is 8.16. The molecule has 13 heteroatoms. The number of aromatic nitrogens is 4. The van der Waals surface area contributed by atoms with Crippen molar-refractivity contribution < 1.29 is 27.4 Å². The number of hydrogen-bond donors (Lipinski definition) is 1. The first-order valence-corrected chi connectivity index (χ1v) is 11.3. The van der Waals surface area contributed by atoms with Gasteiger partial charge in [-0.2, -0.15) is 5.10 Å². The maximum absolute atomic E-state index is 13.0. The molecule has 0 atom stereocenters. The van der Waals surface area contributed by atoms with Crippen LogP contribution in [-0.2, 0) is 22.5 Å². The highest BCUT2D eigenvalue weighted by Crippen LogP contribution is 2.33. The molecule has 2 aromatic carbocycles. The van der Waals surface area contributed by atoms with Crippen molar-refractivity contribution in [3.8, 4) is 5.75 Å². The van der Waals surface area contributed by atoms with Gasteiger partial charge in [-0.15, -0.1) is 13.2 Å². The van der Waals surface area contributed by atoms with Crippen molar-refractivity contribution in [2.45, 2.75) is 19.3 Å². The summed E-state index contributed by atoms with van der Waals surface area (Å²) in [6, 6.07) is 9.25. The average molecular weight is 522 g/mol. The molecule has 0 bridgehead atoms. The minimum absolute atomic E-state index is 0.119. The summed E-state index contributed by atoms with van der Waals surface area (Å²) in [7, 11) is 0. The molecule has 188 valence electrons. The van der Waals surface area contributed by atoms with E-state index in [0.29, 0.717) is 54.1 Å². The Hall–Kier alpha value is -3.64. The van der Waals surface area contributed by atoms with Gasteiger partial charge in [0.15, 0.2) is 0 Å². The Morgan fingerprint density at radius 2 is 1.89 bits per heavy atom. The third kappa shape index (κ3) is 5.00. The SMILES string of the molecule is O=C(Cn1nc(Cc2nc3cc(OC(F)(F)F)c(Cl)cc3[nH]2)c2ccccc2c1=O)N1CCOCC1. The van der Waals surface area contributed by atoms with Gasteiger partial charge >= 0.3 is 6.36 Å². The van der Waals surface area contributed by atoms with Crippen LogP contribution < -0.4 is 10.3 Å². The number of benzene rings is 2. The maximum Gasteiger partial charge on any atom is 0.573 e. The molecule has 0 radical (unpaired) electrons. The molecule has 1 N–H and O–H groups in total. The molecule has 1 amide bonds. The van der Waals surface area contributed by atoms with Crippen LogP contribution in [0.15, 0.2) is 41.2 Å². The van der Waals surface area contributed by atoms with Gasteiger partial charge in [-0.1, -0.05) is 29.8 Å². The smallest absolute Gasteiger partial charge is 0.404 e. The summed E-state index contributed by atoms with van der Waals surface area (Å²) in [5.74, 6) is -0.425. The van der Waals surface area contributed by atoms with Gasteiger partial charge < -0.3 is 19.4 Å². The molecule has 0 aliphatic carbocycles. The molecule has 0 spiro atoms. The molecular weight excluding hydrogens is 503 g/mol. The third-order valence-corrected chi connectivity index (χ3v) is 6.03. The number of hydrogen-bond acceptors (Lipinski definition) is 6. The Balaban J connectivity index is 1.49. The third-order valence-electron chi connectivity index (χ3n) is 5.74. The number of morpholine rings is 1. The minimum atomic E-state index is -4.90. The fourth-order valence-corrected chi connectivity index (χ4v) is 4.30. The summed E-state index contributed by atoms with van der Waals surface area (Å²) in [5, 5.41) is 5.19. The van der Waals surface area contributed by atoms with Gasteiger partial charge in [0.1, 0.15) is 18.1 Å². The molecule has 0 saturated carbocycles. The number of H-pyrrole nitrogens is 1. The molecule has 3 heterocycles. The fourth-order valence-electron chi connectivity index (χ4n) is 4.09. The van der Waals surface area contributed by atoms with Gasteiger partial charge in [0.25, 0.3) is 5.56 Å². The van der Waals surface area contributed by atoms with E-state index < -0.39 is 17.7 Å². The Morgan fingerprint density at radius 3 is 2.61 bits per heavy atom. The van der Waals surface area contributed by atoms with Gasteiger partial charge in [0.2, 0.25) is 5.91 Å². The van der Waals surface area contributed by atoms with Crippen molar-refractivity contribution in [1.82, 2.24) is 24.6 Å². The van der Waals surface area contributed by atoms with Crippen molar-refractivity contribution in [3.05, 3.63) is 63.3 Å². The summed E-state index contributed by atoms with van der Waals surface area (Å²) < 4.78 is 48.4. The van der Waals surface area contributed by atoms with Crippen molar-refractivity contribution in [2.75, 3.05) is 26.3 Å². The number of rotatable bonds is 5. The number of carbonyl (C=O) groups is 1. The first-order chi connectivity index (χ1) is 17.2. The standard InChI is InChI=1S/C23H19ClF3N5O4/c24-15-9-17-18(10-19(15)36-23(25,26)27)29-20(28-17)11-16-13-3-1-2-4-14(13)22(34)32(30-16)12-21(33)31-5-7-35-8-6-31/h1-4,9-10H,5-8,11-12H2,(H,28,29). The first kappa shape index (κ1) is 24.1. The van der Waals surface area contributed by atoms with E-state index in [4.69, 9.17) is 16.3 Å². The topological polar surface area (TPSA) is 102 Å². The van der Waals surface area contributed by atoms with Crippen LogP contribution in [0.1, 0.15) is 11.5 Å². The Labute approximate surface area is 206 Å². The number of nitrogens with one attached hydrogen (secondary N) is 1. The number of alkyl halides is 3. The van der Waals surface area contributed by atoms with Crippen LogP contribution in [0.2, 0.25) is 5.02 Å². The predicted molar refractivity (Wildman–Crippen MR) is 124 cm³/mol. The predicted octanol–water partition coefficient (Wildman–Crippen LogP) is 3.27. The summed E-state index contributed by atoms with van der Waals surface area (Å²) in [6.07, 6.45) is -4.78. The molecule has 1 fully saturated rings. The number of carbonyl (C=O) groups excluding carboxylic acids is 1. The van der Waals surface area contributed by atoms with E-state index in [9.17, 15) is 22.8 Å². The number of nitrogens with zero attached hydrogens (tertiary/aromatic N) is 4. The summed E-state index contributed by atoms with van der Waals surface area (Å²) in [5.41, 5.74) is 0.691. The summed E-state index contributed by atoms with van der Waals surface area (Å²) in [6.45, 7) is 1.52. The van der Waals surface area contributed by atoms with Crippen LogP contribution in [0.5, 0.6) is 5.75 Å². The second kappa shape index (κ2) is 9.43. The molecule has 4 aromatic rings. The largest absolute Gasteiger partial charge is 0.573 e. The number of halogens is 4. The lowest BCUT2D eigenvalue weighted by molar-refractivity contribution is -0.274. The summed E-state index contributed by atoms with van der Waals surface area (Å²) >= 11 is 5.94. The number of imidazole rings is 1. The molecule has 0 unspecified atom stereocenters. The Bertz CT molecular complexity index is 1510. The van der Waals surface area contributed by atoms with Crippen LogP contribution in [0.25, 0.3) is 21.8 Å². The van der Waals surface area contributed by atoms with Gasteiger partial charge in [0.05, 0.1) is 46.8 Å². The quantitative estimate of drug-likeness (QED) is 0.432. The number of amides is 1. The minimum Gasteiger partial charge on any atom is -0.404 e. The number of fused-ring (bicyclic) bond motifs is 2. The first-order valence-electron chi connectivity index (χ1n) is 11.0. The van der Waals surface area contributed by atoms with E-state index in [1.165, 1.54) is 6.07 Å². The van der Waals surface area contributed by atoms with E-state index >= 15 is 0 Å². The maximum atomic E-state index is 13.0. The van der Waals surface area contributed by atoms with Crippen LogP contribution in [0, 0.1) is 0 Å². The van der Waals surface area contributed by atoms with Crippen LogP contribution in [-0.4, -0.2) is 63.2 Å². The van der Waals surface area contributed by atoms with Crippen molar-refractivity contribution in [3.63, 3.8) is 0 Å². The zero-order valence-corrected chi connectivity index (χ0v) is 19.4. The zero-order valence-electron chi connectivity index (χ0n) is 18.6. The van der Waals surface area contributed by atoms with E-state index in [0.717, 1.165) is 10.7 Å². The molecule has 36 heavy (non-hydrogen) atoms. The van der Waals surface area contributed by atoms with Gasteiger partial charge in [-0.3, -0.25) is 9.59 Å². The molecule has 1 aliphatic heterocycles. The zero-order chi connectivity index (χ0) is 25.4. The molecule has 1 saturated heterocycles. The van der Waals surface area contributed by atoms with Crippen molar-refractivity contribution >= 4 is 39.3 Å². The van der Waals surface area contributed by atoms with Crippen LogP contribution in [0.4, 0.5) is 13.2 Å². The van der Waals surface area contributed by atoms with Gasteiger partial charge in [0, 0.05) is 24.5 Å². The average Bonchev–Trinajstić information content (AvgIpc) is 3.22. The van der Waals surface area contributed by atoms with Crippen molar-refractivity contribution in [1.29, 1.82) is 0 Å².